The number of aliphatic hydroxyl groups is 1. The van der Waals surface area contributed by atoms with Gasteiger partial charge in [0.1, 0.15) is 22.6 Å². The van der Waals surface area contributed by atoms with Crippen LogP contribution < -0.4 is 10.1 Å². The molecule has 2 atom stereocenters. The number of aliphatic hydroxyl groups excluding tert-OH is 1. The summed E-state index contributed by atoms with van der Waals surface area (Å²) in [4.78, 5) is 4.41. The molecular formula is C22H23ClN2O2. The van der Waals surface area contributed by atoms with Crippen LogP contribution in [0.15, 0.2) is 54.6 Å². The lowest BCUT2D eigenvalue weighted by Gasteiger charge is -2.43. The van der Waals surface area contributed by atoms with Crippen LogP contribution in [0.4, 0.5) is 0 Å². The Hall–Kier alpha value is -2.14. The maximum Gasteiger partial charge on any atom is 0.131 e. The predicted octanol–water partition coefficient (Wildman–Crippen LogP) is 4.29. The number of nitrogens with one attached hydrogen (secondary N) is 1. The second-order valence-corrected chi connectivity index (χ2v) is 7.88. The first-order valence-corrected chi connectivity index (χ1v) is 9.57. The quantitative estimate of drug-likeness (QED) is 0.661. The van der Waals surface area contributed by atoms with Crippen molar-refractivity contribution < 1.29 is 9.84 Å². The van der Waals surface area contributed by atoms with Gasteiger partial charge < -0.3 is 15.2 Å². The average Bonchev–Trinajstić information content (AvgIpc) is 2.65. The Morgan fingerprint density at radius 3 is 2.67 bits per heavy atom. The van der Waals surface area contributed by atoms with E-state index in [1.165, 1.54) is 5.56 Å². The molecule has 5 heteroatoms. The van der Waals surface area contributed by atoms with E-state index in [0.29, 0.717) is 5.15 Å². The van der Waals surface area contributed by atoms with Crippen LogP contribution in [0, 0.1) is 0 Å². The lowest BCUT2D eigenvalue weighted by molar-refractivity contribution is -0.0638. The highest BCUT2D eigenvalue weighted by Crippen LogP contribution is 2.43. The summed E-state index contributed by atoms with van der Waals surface area (Å²) < 4.78 is 6.11. The number of benzene rings is 2. The van der Waals surface area contributed by atoms with Gasteiger partial charge in [-0.2, -0.15) is 0 Å². The molecule has 4 nitrogen and oxygen atoms in total. The van der Waals surface area contributed by atoms with Crippen molar-refractivity contribution in [3.05, 3.63) is 70.9 Å². The summed E-state index contributed by atoms with van der Waals surface area (Å²) in [5.41, 5.74) is 2.31. The first kappa shape index (κ1) is 18.2. The molecule has 2 N–H and O–H groups in total. The van der Waals surface area contributed by atoms with E-state index in [0.717, 1.165) is 35.2 Å². The predicted molar refractivity (Wildman–Crippen MR) is 108 cm³/mol. The molecule has 2 heterocycles. The van der Waals surface area contributed by atoms with Crippen LogP contribution in [0.3, 0.4) is 0 Å². The highest BCUT2D eigenvalue weighted by molar-refractivity contribution is 6.29. The van der Waals surface area contributed by atoms with Crippen LogP contribution >= 0.6 is 11.6 Å². The summed E-state index contributed by atoms with van der Waals surface area (Å²) in [7, 11) is 0. The molecule has 0 fully saturated rings. The number of pyridine rings is 1. The first-order chi connectivity index (χ1) is 13.0. The average molecular weight is 383 g/mol. The van der Waals surface area contributed by atoms with Crippen molar-refractivity contribution in [3.63, 3.8) is 0 Å². The van der Waals surface area contributed by atoms with Gasteiger partial charge in [0, 0.05) is 10.9 Å². The van der Waals surface area contributed by atoms with Crippen molar-refractivity contribution in [2.45, 2.75) is 38.0 Å². The Bertz CT molecular complexity index is 959. The Balaban J connectivity index is 1.69. The molecule has 0 saturated heterocycles. The number of hydrogen-bond acceptors (Lipinski definition) is 4. The Kier molecular flexibility index (Phi) is 4.81. The highest BCUT2D eigenvalue weighted by Gasteiger charge is 2.43. The standard InChI is InChI=1S/C22H23ClN2O2/c1-22(2)21(26)20(24-13-12-14-6-4-3-5-7-14)19-15-8-11-18(23)25-16(15)9-10-17(19)27-22/h3-11,20-21,24,26H,12-13H2,1-2H3/t20-,21+/m1/s1. The van der Waals surface area contributed by atoms with Gasteiger partial charge in [-0.1, -0.05) is 41.9 Å². The zero-order chi connectivity index (χ0) is 19.0. The van der Waals surface area contributed by atoms with Gasteiger partial charge in [0.2, 0.25) is 0 Å². The fourth-order valence-corrected chi connectivity index (χ4v) is 3.88. The first-order valence-electron chi connectivity index (χ1n) is 9.19. The monoisotopic (exact) mass is 382 g/mol. The van der Waals surface area contributed by atoms with Crippen LogP contribution in [0.25, 0.3) is 10.9 Å². The van der Waals surface area contributed by atoms with Crippen molar-refractivity contribution >= 4 is 22.5 Å². The van der Waals surface area contributed by atoms with E-state index in [1.807, 2.05) is 50.2 Å². The Morgan fingerprint density at radius 1 is 1.11 bits per heavy atom. The maximum atomic E-state index is 11.0. The van der Waals surface area contributed by atoms with Crippen molar-refractivity contribution in [2.75, 3.05) is 6.54 Å². The van der Waals surface area contributed by atoms with Crippen molar-refractivity contribution in [2.24, 2.45) is 0 Å². The van der Waals surface area contributed by atoms with E-state index < -0.39 is 11.7 Å². The molecule has 1 aromatic heterocycles. The summed E-state index contributed by atoms with van der Waals surface area (Å²) in [6.45, 7) is 4.58. The lowest BCUT2D eigenvalue weighted by atomic mass is 9.84. The molecule has 27 heavy (non-hydrogen) atoms. The van der Waals surface area contributed by atoms with Gasteiger partial charge in [-0.15, -0.1) is 0 Å². The molecule has 0 aliphatic carbocycles. The van der Waals surface area contributed by atoms with E-state index in [9.17, 15) is 5.11 Å². The second-order valence-electron chi connectivity index (χ2n) is 7.50. The van der Waals surface area contributed by atoms with E-state index in [2.05, 4.69) is 22.4 Å². The zero-order valence-electron chi connectivity index (χ0n) is 15.4. The minimum absolute atomic E-state index is 0.251. The third-order valence-corrected chi connectivity index (χ3v) is 5.38. The van der Waals surface area contributed by atoms with Crippen molar-refractivity contribution in [1.82, 2.24) is 10.3 Å². The fourth-order valence-electron chi connectivity index (χ4n) is 3.73. The Labute approximate surface area is 164 Å². The van der Waals surface area contributed by atoms with Gasteiger partial charge in [0.15, 0.2) is 0 Å². The SMILES string of the molecule is CC1(C)Oc2ccc3nc(Cl)ccc3c2[C@@H](NCCc2ccccc2)[C@@H]1O. The molecule has 1 aliphatic rings. The molecule has 0 radical (unpaired) electrons. The van der Waals surface area contributed by atoms with Gasteiger partial charge in [-0.3, -0.25) is 0 Å². The number of aromatic nitrogens is 1. The topological polar surface area (TPSA) is 54.4 Å². The van der Waals surface area contributed by atoms with Crippen molar-refractivity contribution in [3.8, 4) is 5.75 Å². The van der Waals surface area contributed by atoms with E-state index in [1.54, 1.807) is 6.07 Å². The van der Waals surface area contributed by atoms with E-state index in [-0.39, 0.29) is 6.04 Å². The van der Waals surface area contributed by atoms with E-state index in [4.69, 9.17) is 16.3 Å². The molecule has 1 aliphatic heterocycles. The Morgan fingerprint density at radius 2 is 1.89 bits per heavy atom. The number of hydrogen-bond donors (Lipinski definition) is 2. The second kappa shape index (κ2) is 7.12. The molecule has 3 aromatic rings. The smallest absolute Gasteiger partial charge is 0.131 e. The summed E-state index contributed by atoms with van der Waals surface area (Å²) in [6, 6.07) is 17.6. The molecule has 2 aromatic carbocycles. The molecule has 4 rings (SSSR count). The normalized spacial score (nSPS) is 20.9. The molecular weight excluding hydrogens is 360 g/mol. The van der Waals surface area contributed by atoms with Gasteiger partial charge in [-0.25, -0.2) is 4.98 Å². The molecule has 0 unspecified atom stereocenters. The third-order valence-electron chi connectivity index (χ3n) is 5.17. The van der Waals surface area contributed by atoms with Crippen LogP contribution in [-0.2, 0) is 6.42 Å². The molecule has 140 valence electrons. The highest BCUT2D eigenvalue weighted by atomic mass is 35.5. The summed E-state index contributed by atoms with van der Waals surface area (Å²) in [5.74, 6) is 0.777. The fraction of sp³-hybridized carbons (Fsp3) is 0.318. The van der Waals surface area contributed by atoms with Gasteiger partial charge >= 0.3 is 0 Å². The van der Waals surface area contributed by atoms with Crippen LogP contribution in [-0.4, -0.2) is 28.3 Å². The number of rotatable bonds is 4. The van der Waals surface area contributed by atoms with Gasteiger partial charge in [-0.05, 0) is 56.6 Å². The largest absolute Gasteiger partial charge is 0.485 e. The number of ether oxygens (including phenoxy) is 1. The number of halogens is 1. The summed E-state index contributed by atoms with van der Waals surface area (Å²) in [6.07, 6.45) is 0.192. The van der Waals surface area contributed by atoms with Gasteiger partial charge in [0.05, 0.1) is 11.6 Å². The van der Waals surface area contributed by atoms with Gasteiger partial charge in [0.25, 0.3) is 0 Å². The lowest BCUT2D eigenvalue weighted by Crippen LogP contribution is -2.52. The van der Waals surface area contributed by atoms with Crippen molar-refractivity contribution in [1.29, 1.82) is 0 Å². The minimum atomic E-state index is -0.693. The number of fused-ring (bicyclic) bond motifs is 3. The van der Waals surface area contributed by atoms with Crippen LogP contribution in [0.1, 0.15) is 31.0 Å². The maximum absolute atomic E-state index is 11.0. The third kappa shape index (κ3) is 3.53. The molecule has 0 spiro atoms. The minimum Gasteiger partial charge on any atom is -0.485 e. The zero-order valence-corrected chi connectivity index (χ0v) is 16.2. The van der Waals surface area contributed by atoms with Crippen LogP contribution in [0.2, 0.25) is 5.15 Å². The van der Waals surface area contributed by atoms with E-state index >= 15 is 0 Å². The molecule has 0 saturated carbocycles. The molecule has 0 amide bonds. The summed E-state index contributed by atoms with van der Waals surface area (Å²) in [5, 5.41) is 16.0. The molecule has 0 bridgehead atoms. The van der Waals surface area contributed by atoms with Crippen LogP contribution in [0.5, 0.6) is 5.75 Å². The number of nitrogens with zero attached hydrogens (tertiary/aromatic N) is 1. The summed E-state index contributed by atoms with van der Waals surface area (Å²) >= 11 is 6.06.